The SMILES string of the molecule is CCCCCN(C(=O)O)c1ccc2cc(-c3ccccc3C(F)(F)F)[nH]c(=O)c2c1. The fourth-order valence-corrected chi connectivity index (χ4v) is 3.38. The molecule has 1 heterocycles. The smallest absolute Gasteiger partial charge is 0.417 e. The van der Waals surface area contributed by atoms with E-state index in [2.05, 4.69) is 4.98 Å². The van der Waals surface area contributed by atoms with Gasteiger partial charge in [-0.15, -0.1) is 0 Å². The maximum Gasteiger partial charge on any atom is 0.417 e. The van der Waals surface area contributed by atoms with Gasteiger partial charge in [0.05, 0.1) is 5.56 Å². The molecule has 0 aliphatic heterocycles. The van der Waals surface area contributed by atoms with Gasteiger partial charge in [0.25, 0.3) is 5.56 Å². The molecule has 0 spiro atoms. The van der Waals surface area contributed by atoms with E-state index in [9.17, 15) is 27.9 Å². The summed E-state index contributed by atoms with van der Waals surface area (Å²) < 4.78 is 40.0. The number of aromatic nitrogens is 1. The summed E-state index contributed by atoms with van der Waals surface area (Å²) in [4.78, 5) is 27.9. The molecular formula is C22H21F3N2O3. The summed E-state index contributed by atoms with van der Waals surface area (Å²) in [6, 6.07) is 11.0. The van der Waals surface area contributed by atoms with Crippen molar-refractivity contribution in [3.05, 3.63) is 64.4 Å². The molecule has 0 unspecified atom stereocenters. The van der Waals surface area contributed by atoms with Crippen LogP contribution in [-0.4, -0.2) is 22.7 Å². The van der Waals surface area contributed by atoms with Crippen LogP contribution in [0.25, 0.3) is 22.0 Å². The molecule has 5 nitrogen and oxygen atoms in total. The van der Waals surface area contributed by atoms with Crippen molar-refractivity contribution in [3.8, 4) is 11.3 Å². The van der Waals surface area contributed by atoms with Crippen LogP contribution in [0.5, 0.6) is 0 Å². The molecular weight excluding hydrogens is 397 g/mol. The standard InChI is InChI=1S/C22H21F3N2O3/c1-2-3-6-11-27(21(29)30)15-10-9-14-12-19(26-20(28)17(14)13-15)16-7-4-5-8-18(16)22(23,24)25/h4-5,7-10,12-13H,2-3,6,11H2,1H3,(H,26,28)(H,29,30). The number of carboxylic acid groups (broad SMARTS) is 1. The zero-order valence-electron chi connectivity index (χ0n) is 16.3. The number of carbonyl (C=O) groups is 1. The third-order valence-corrected chi connectivity index (χ3v) is 4.88. The topological polar surface area (TPSA) is 73.4 Å². The van der Waals surface area contributed by atoms with Crippen LogP contribution in [0.15, 0.2) is 53.3 Å². The van der Waals surface area contributed by atoms with E-state index in [4.69, 9.17) is 0 Å². The second kappa shape index (κ2) is 8.61. The predicted molar refractivity (Wildman–Crippen MR) is 110 cm³/mol. The van der Waals surface area contributed by atoms with Crippen LogP contribution in [0.4, 0.5) is 23.7 Å². The van der Waals surface area contributed by atoms with Crippen molar-refractivity contribution in [3.63, 3.8) is 0 Å². The van der Waals surface area contributed by atoms with Gasteiger partial charge in [-0.05, 0) is 36.1 Å². The number of nitrogens with zero attached hydrogens (tertiary/aromatic N) is 1. The van der Waals surface area contributed by atoms with Gasteiger partial charge in [-0.3, -0.25) is 9.69 Å². The highest BCUT2D eigenvalue weighted by molar-refractivity contribution is 5.93. The highest BCUT2D eigenvalue weighted by Gasteiger charge is 2.33. The number of pyridine rings is 1. The van der Waals surface area contributed by atoms with Crippen molar-refractivity contribution in [1.82, 2.24) is 4.98 Å². The van der Waals surface area contributed by atoms with Crippen LogP contribution in [0.3, 0.4) is 0 Å². The van der Waals surface area contributed by atoms with Gasteiger partial charge >= 0.3 is 12.3 Å². The number of fused-ring (bicyclic) bond motifs is 1. The Hall–Kier alpha value is -3.29. The number of hydrogen-bond acceptors (Lipinski definition) is 2. The van der Waals surface area contributed by atoms with E-state index in [1.165, 1.54) is 35.2 Å². The number of rotatable bonds is 6. The fourth-order valence-electron chi connectivity index (χ4n) is 3.38. The molecule has 0 bridgehead atoms. The molecule has 2 aromatic carbocycles. The van der Waals surface area contributed by atoms with E-state index in [-0.39, 0.29) is 16.6 Å². The van der Waals surface area contributed by atoms with Gasteiger partial charge in [0.15, 0.2) is 0 Å². The third-order valence-electron chi connectivity index (χ3n) is 4.88. The third kappa shape index (κ3) is 4.48. The quantitative estimate of drug-likeness (QED) is 0.491. The number of alkyl halides is 3. The fraction of sp³-hybridized carbons (Fsp3) is 0.273. The number of nitrogens with one attached hydrogen (secondary N) is 1. The van der Waals surface area contributed by atoms with E-state index in [1.54, 1.807) is 12.1 Å². The van der Waals surface area contributed by atoms with E-state index in [1.807, 2.05) is 6.92 Å². The lowest BCUT2D eigenvalue weighted by molar-refractivity contribution is -0.137. The predicted octanol–water partition coefficient (Wildman–Crippen LogP) is 5.89. The molecule has 158 valence electrons. The van der Waals surface area contributed by atoms with Gasteiger partial charge in [0, 0.05) is 28.9 Å². The first kappa shape index (κ1) is 21.4. The molecule has 0 fully saturated rings. The Morgan fingerprint density at radius 2 is 1.83 bits per heavy atom. The first-order valence-corrected chi connectivity index (χ1v) is 9.56. The first-order chi connectivity index (χ1) is 14.2. The average Bonchev–Trinajstić information content (AvgIpc) is 2.70. The Labute approximate surface area is 170 Å². The number of benzene rings is 2. The molecule has 0 atom stereocenters. The zero-order valence-corrected chi connectivity index (χ0v) is 16.3. The lowest BCUT2D eigenvalue weighted by Gasteiger charge is -2.19. The van der Waals surface area contributed by atoms with Gasteiger partial charge in [0.1, 0.15) is 0 Å². The molecule has 2 N–H and O–H groups in total. The number of H-pyrrole nitrogens is 1. The number of amides is 1. The highest BCUT2D eigenvalue weighted by atomic mass is 19.4. The monoisotopic (exact) mass is 418 g/mol. The van der Waals surface area contributed by atoms with Crippen molar-refractivity contribution >= 4 is 22.6 Å². The summed E-state index contributed by atoms with van der Waals surface area (Å²) >= 11 is 0. The Morgan fingerprint density at radius 1 is 1.10 bits per heavy atom. The lowest BCUT2D eigenvalue weighted by atomic mass is 10.0. The van der Waals surface area contributed by atoms with Crippen LogP contribution < -0.4 is 10.5 Å². The molecule has 0 saturated carbocycles. The van der Waals surface area contributed by atoms with Crippen molar-refractivity contribution in [2.24, 2.45) is 0 Å². The largest absolute Gasteiger partial charge is 0.465 e. The van der Waals surface area contributed by atoms with E-state index in [0.717, 1.165) is 18.9 Å². The lowest BCUT2D eigenvalue weighted by Crippen LogP contribution is -2.30. The van der Waals surface area contributed by atoms with Gasteiger partial charge in [0.2, 0.25) is 0 Å². The summed E-state index contributed by atoms with van der Waals surface area (Å²) in [5.41, 5.74) is -1.16. The molecule has 3 aromatic rings. The summed E-state index contributed by atoms with van der Waals surface area (Å²) in [5, 5.41) is 10.1. The maximum atomic E-state index is 13.3. The number of hydrogen-bond donors (Lipinski definition) is 2. The Morgan fingerprint density at radius 3 is 2.50 bits per heavy atom. The minimum Gasteiger partial charge on any atom is -0.465 e. The molecule has 0 radical (unpaired) electrons. The van der Waals surface area contributed by atoms with E-state index >= 15 is 0 Å². The second-order valence-corrected chi connectivity index (χ2v) is 6.97. The van der Waals surface area contributed by atoms with Gasteiger partial charge in [-0.1, -0.05) is 44.0 Å². The minimum absolute atomic E-state index is 0.0474. The van der Waals surface area contributed by atoms with Crippen LogP contribution in [0.2, 0.25) is 0 Å². The first-order valence-electron chi connectivity index (χ1n) is 9.56. The van der Waals surface area contributed by atoms with Gasteiger partial charge < -0.3 is 10.1 Å². The molecule has 0 aliphatic rings. The van der Waals surface area contributed by atoms with Crippen LogP contribution in [0.1, 0.15) is 31.7 Å². The molecule has 3 rings (SSSR count). The number of anilines is 1. The van der Waals surface area contributed by atoms with E-state index in [0.29, 0.717) is 24.0 Å². The Bertz CT molecular complexity index is 1120. The molecule has 0 saturated heterocycles. The van der Waals surface area contributed by atoms with Crippen molar-refractivity contribution in [1.29, 1.82) is 0 Å². The van der Waals surface area contributed by atoms with Crippen LogP contribution >= 0.6 is 0 Å². The molecule has 0 aliphatic carbocycles. The molecule has 8 heteroatoms. The van der Waals surface area contributed by atoms with Crippen molar-refractivity contribution in [2.75, 3.05) is 11.4 Å². The summed E-state index contributed by atoms with van der Waals surface area (Å²) in [6.07, 6.45) is -3.19. The van der Waals surface area contributed by atoms with Gasteiger partial charge in [-0.25, -0.2) is 4.79 Å². The summed E-state index contributed by atoms with van der Waals surface area (Å²) in [6.45, 7) is 2.30. The van der Waals surface area contributed by atoms with E-state index < -0.39 is 23.4 Å². The Kier molecular flexibility index (Phi) is 6.14. The van der Waals surface area contributed by atoms with Crippen molar-refractivity contribution < 1.29 is 23.1 Å². The normalized spacial score (nSPS) is 11.6. The Balaban J connectivity index is 2.06. The number of halogens is 3. The maximum absolute atomic E-state index is 13.3. The molecule has 30 heavy (non-hydrogen) atoms. The van der Waals surface area contributed by atoms with Gasteiger partial charge in [-0.2, -0.15) is 13.2 Å². The molecule has 1 aromatic heterocycles. The second-order valence-electron chi connectivity index (χ2n) is 6.97. The van der Waals surface area contributed by atoms with Crippen LogP contribution in [-0.2, 0) is 6.18 Å². The number of unbranched alkanes of at least 4 members (excludes halogenated alkanes) is 2. The average molecular weight is 418 g/mol. The van der Waals surface area contributed by atoms with Crippen LogP contribution in [0, 0.1) is 0 Å². The summed E-state index contributed by atoms with van der Waals surface area (Å²) in [7, 11) is 0. The zero-order chi connectivity index (χ0) is 21.9. The summed E-state index contributed by atoms with van der Waals surface area (Å²) in [5.74, 6) is 0. The van der Waals surface area contributed by atoms with Crippen molar-refractivity contribution in [2.45, 2.75) is 32.4 Å². The number of aromatic amines is 1. The highest BCUT2D eigenvalue weighted by Crippen LogP contribution is 2.36. The molecule has 1 amide bonds. The minimum atomic E-state index is -4.56.